The van der Waals surface area contributed by atoms with Crippen LogP contribution in [0.3, 0.4) is 0 Å². The number of carbonyl (C=O) groups is 3. The molecule has 0 aliphatic carbocycles. The number of rotatable bonds is 29. The average Bonchev–Trinajstić information content (AvgIpc) is 0.792. The van der Waals surface area contributed by atoms with Crippen molar-refractivity contribution in [2.75, 3.05) is 183 Å². The number of aliphatic hydroxyl groups excluding tert-OH is 1. The number of hydrogen-bond donors (Lipinski definition) is 6. The first-order valence-corrected chi connectivity index (χ1v) is 47.8. The lowest BCUT2D eigenvalue weighted by Crippen LogP contribution is -2.45. The second kappa shape index (κ2) is 48.7. The number of alkyl halides is 9. The first-order valence-electron chi connectivity index (χ1n) is 44.2. The van der Waals surface area contributed by atoms with E-state index in [2.05, 4.69) is 88.6 Å². The van der Waals surface area contributed by atoms with Crippen LogP contribution in [0, 0.1) is 11.6 Å². The summed E-state index contributed by atoms with van der Waals surface area (Å²) in [7, 11) is 12.1. The molecule has 10 N–H and O–H groups in total. The zero-order valence-corrected chi connectivity index (χ0v) is 81.7. The molecule has 0 spiro atoms. The van der Waals surface area contributed by atoms with Gasteiger partial charge in [0.2, 0.25) is 59.2 Å². The van der Waals surface area contributed by atoms with E-state index in [4.69, 9.17) is 58.7 Å². The van der Waals surface area contributed by atoms with Crippen LogP contribution in [0.15, 0.2) is 228 Å². The van der Waals surface area contributed by atoms with Gasteiger partial charge in [0.15, 0.2) is 0 Å². The normalized spacial score (nSPS) is 14.6. The van der Waals surface area contributed by atoms with Gasteiger partial charge in [-0.3, -0.25) is 14.4 Å². The number of ether oxygens (including phenoxy) is 3. The molecule has 0 unspecified atom stereocenters. The molecule has 3 amide bonds. The van der Waals surface area contributed by atoms with E-state index >= 15 is 0 Å². The highest BCUT2D eigenvalue weighted by Crippen LogP contribution is 2.45. The minimum atomic E-state index is -4.79. The van der Waals surface area contributed by atoms with E-state index in [0.717, 1.165) is 195 Å². The van der Waals surface area contributed by atoms with Gasteiger partial charge in [0.05, 0.1) is 78.2 Å². The van der Waals surface area contributed by atoms with Crippen LogP contribution >= 0.6 is 58.6 Å². The number of nitrogen functional groups attached to an aromatic ring is 1. The summed E-state index contributed by atoms with van der Waals surface area (Å²) in [4.78, 5) is 97.9. The molecule has 4 saturated heterocycles. The highest BCUT2D eigenvalue weighted by molar-refractivity contribution is 8.00. The Morgan fingerprint density at radius 2 is 0.789 bits per heavy atom. The molecule has 4 aliphatic heterocycles. The minimum Gasteiger partial charge on any atom is -0.472 e. The summed E-state index contributed by atoms with van der Waals surface area (Å²) < 4.78 is 168. The molecule has 9 heterocycles. The Morgan fingerprint density at radius 1 is 0.415 bits per heavy atom. The van der Waals surface area contributed by atoms with Crippen molar-refractivity contribution >= 4 is 117 Å². The topological polar surface area (TPSA) is 360 Å². The number of nitrogens with zero attached hydrogens (tertiary/aromatic N) is 18. The van der Waals surface area contributed by atoms with E-state index in [9.17, 15) is 67.8 Å². The molecule has 7 aromatic carbocycles. The number of piperazine rings is 4. The van der Waals surface area contributed by atoms with E-state index in [-0.39, 0.29) is 64.3 Å². The zero-order chi connectivity index (χ0) is 102. The Bertz CT molecular complexity index is 6350. The molecule has 0 bridgehead atoms. The smallest absolute Gasteiger partial charge is 0.417 e. The van der Waals surface area contributed by atoms with Crippen LogP contribution < -0.4 is 67.0 Å². The lowest BCUT2D eigenvalue weighted by Gasteiger charge is -2.32. The summed E-state index contributed by atoms with van der Waals surface area (Å²) in [6, 6.07) is 39.2. The molecule has 16 rings (SSSR count). The van der Waals surface area contributed by atoms with Gasteiger partial charge in [0.1, 0.15) is 43.1 Å². The lowest BCUT2D eigenvalue weighted by atomic mass is 10.1. The van der Waals surface area contributed by atoms with E-state index in [1.54, 1.807) is 49.1 Å². The molecule has 750 valence electrons. The molecule has 4 fully saturated rings. The number of benzene rings is 7. The first kappa shape index (κ1) is 106. The van der Waals surface area contributed by atoms with Crippen molar-refractivity contribution in [2.45, 2.75) is 90.7 Å². The number of amides is 3. The first-order chi connectivity index (χ1) is 67.7. The van der Waals surface area contributed by atoms with Gasteiger partial charge >= 0.3 is 18.5 Å². The Balaban J connectivity index is 0.000000160. The van der Waals surface area contributed by atoms with Gasteiger partial charge in [0.25, 0.3) is 0 Å². The fourth-order valence-corrected chi connectivity index (χ4v) is 18.1. The molecule has 30 nitrogen and oxygen atoms in total. The predicted octanol–water partition coefficient (Wildman–Crippen LogP) is 15.7. The molecule has 5 aromatic heterocycles. The van der Waals surface area contributed by atoms with Gasteiger partial charge in [-0.25, -0.2) is 33.7 Å². The van der Waals surface area contributed by atoms with E-state index in [0.29, 0.717) is 86.2 Å². The highest BCUT2D eigenvalue weighted by atomic mass is 35.5. The number of pyridine rings is 1. The quantitative estimate of drug-likeness (QED) is 0.0237. The number of aliphatic hydroxyl groups is 1. The van der Waals surface area contributed by atoms with Crippen LogP contribution in [0.1, 0.15) is 75.6 Å². The Morgan fingerprint density at radius 3 is 1.18 bits per heavy atom. The van der Waals surface area contributed by atoms with Crippen LogP contribution in [0.5, 0.6) is 17.6 Å². The molecule has 0 saturated carbocycles. The van der Waals surface area contributed by atoms with Crippen molar-refractivity contribution in [3.05, 3.63) is 267 Å². The Hall–Kier alpha value is -12.9. The molecule has 12 aromatic rings. The lowest BCUT2D eigenvalue weighted by molar-refractivity contribution is -0.138. The van der Waals surface area contributed by atoms with Crippen LogP contribution in [0.25, 0.3) is 0 Å². The van der Waals surface area contributed by atoms with Crippen molar-refractivity contribution in [2.24, 2.45) is 17.2 Å². The third-order valence-electron chi connectivity index (χ3n) is 22.5. The maximum Gasteiger partial charge on any atom is 0.417 e. The standard InChI is InChI=1S/C26H29F3N6O2S.C25H25F4N5O3S.C24H24ClF3N6OS.C21H23FN6OS/c1-33(2)18-6-4-5-17(13-18)16-37-24-22(15-31-25(32-24)35-11-9-34(3)10-12-35)38-19-7-8-20(23(30)36)21(14-19)26(27,28)29;1-33-6-8-34(9-7-33)24-31-12-21(23(32-24)37-14-16-10-15(13-35)2-5-20(16)26)38-17-3-4-18(22(30)36)19(11-17)25(27,28)29;1-33-7-9-34(10-8-33)23-31-14-20(22(32-23)30-13-15-3-2-4-16(25)11-15)36-17-5-6-18(21(29)35)19(12-17)24(26,27)28;1-27-8-10-28(11-9-27)21-25-13-18(30-17-6-7-19(23)24-12-17)20(26-21)29-14-15-2-4-16(22)5-3-15/h4-8,13-15H,9-12,16H2,1-3H3,(H2,30,36);2-5,10-12,35H,6-9,13-14H2,1H3,(H2,30,36);2-6,11-12,14H,7-10,13H2,1H3,(H2,29,35)(H,30,31,32);2-7,12-13H,8-11,14H2,1H3,(H2,23,24). The summed E-state index contributed by atoms with van der Waals surface area (Å²) in [6.45, 7) is 13.4. The van der Waals surface area contributed by atoms with Gasteiger partial charge < -0.3 is 91.7 Å². The summed E-state index contributed by atoms with van der Waals surface area (Å²) in [5, 5.41) is 13.2. The number of anilines is 7. The molecule has 4 aliphatic rings. The monoisotopic (exact) mass is 2060 g/mol. The van der Waals surface area contributed by atoms with Gasteiger partial charge in [0, 0.05) is 174 Å². The van der Waals surface area contributed by atoms with Crippen molar-refractivity contribution < 1.29 is 82.0 Å². The summed E-state index contributed by atoms with van der Waals surface area (Å²) >= 11 is 10.6. The van der Waals surface area contributed by atoms with Gasteiger partial charge in [-0.15, -0.1) is 0 Å². The Kier molecular flexibility index (Phi) is 36.5. The van der Waals surface area contributed by atoms with Crippen molar-refractivity contribution in [3.8, 4) is 17.6 Å². The van der Waals surface area contributed by atoms with Crippen LogP contribution in [0.4, 0.5) is 89.4 Å². The third kappa shape index (κ3) is 30.1. The minimum absolute atomic E-state index is 0.0558. The van der Waals surface area contributed by atoms with Crippen molar-refractivity contribution in [1.82, 2.24) is 64.5 Å². The molecule has 142 heavy (non-hydrogen) atoms. The van der Waals surface area contributed by atoms with Crippen LogP contribution in [0.2, 0.25) is 5.02 Å². The number of aromatic nitrogens is 9. The van der Waals surface area contributed by atoms with Crippen molar-refractivity contribution in [3.63, 3.8) is 0 Å². The second-order valence-electron chi connectivity index (χ2n) is 33.2. The number of primary amides is 3. The number of halogens is 12. The van der Waals surface area contributed by atoms with E-state index in [1.165, 1.54) is 66.5 Å². The number of nitrogens with two attached hydrogens (primary N) is 4. The fraction of sp³-hybridized carbons (Fsp3) is 0.312. The molecule has 0 atom stereocenters. The summed E-state index contributed by atoms with van der Waals surface area (Å²) in [6.07, 6.45) is -6.17. The van der Waals surface area contributed by atoms with E-state index < -0.39 is 75.4 Å². The molecular weight excluding hydrogens is 1960 g/mol. The number of carbonyl (C=O) groups excluding carboxylic acids is 3. The van der Waals surface area contributed by atoms with Gasteiger partial charge in [-0.1, -0.05) is 101 Å². The maximum atomic E-state index is 14.4. The van der Waals surface area contributed by atoms with Gasteiger partial charge in [-0.2, -0.15) is 59.4 Å². The summed E-state index contributed by atoms with van der Waals surface area (Å²) in [5.41, 5.74) is 20.4. The third-order valence-corrected chi connectivity index (χ3v) is 26.7. The SMILES string of the molecule is CN1CCN(c2ncc(Sc3ccc(C(N)=O)c(C(F)(F)F)c3)c(NCc3cccc(Cl)c3)n2)CC1.CN1CCN(c2ncc(Sc3ccc(C(N)=O)c(C(F)(F)F)c3)c(OCc3cc(CO)ccc3F)n2)CC1.CN1CCN(c2ncc(Sc3ccc(C(N)=O)c(C(F)(F)F)c3)c(OCc3cccc(N(C)C)c3)n2)CC1.CN1CCN(c2ncc(Sc3ccc(N)nc3)c(OCc3ccc(F)cc3)n2)CC1. The number of likely N-dealkylation sites (N-methyl/N-ethyl adjacent to an activating group) is 4. The van der Waals surface area contributed by atoms with Crippen LogP contribution in [-0.2, 0) is 51.5 Å². The van der Waals surface area contributed by atoms with Crippen LogP contribution in [-0.4, -0.2) is 234 Å². The van der Waals surface area contributed by atoms with E-state index in [1.807, 2.05) is 86.5 Å². The fourth-order valence-electron chi connectivity index (χ4n) is 14.5. The highest BCUT2D eigenvalue weighted by Gasteiger charge is 2.39. The molecule has 46 heteroatoms. The van der Waals surface area contributed by atoms with Gasteiger partial charge in [-0.05, 0) is 166 Å². The second-order valence-corrected chi connectivity index (χ2v) is 38.1. The molecule has 0 radical (unpaired) electrons. The number of nitrogens with one attached hydrogen (secondary N) is 1. The average molecular weight is 2060 g/mol. The molecular formula is C96H101ClF11N23O7S4. The Labute approximate surface area is 833 Å². The van der Waals surface area contributed by atoms with Crippen molar-refractivity contribution in [1.29, 1.82) is 0 Å². The summed E-state index contributed by atoms with van der Waals surface area (Å²) in [5.74, 6) is -0.450. The predicted molar refractivity (Wildman–Crippen MR) is 523 cm³/mol. The largest absolute Gasteiger partial charge is 0.472 e. The zero-order valence-electron chi connectivity index (χ0n) is 77.7. The number of hydrogen-bond acceptors (Lipinski definition) is 31. The maximum absolute atomic E-state index is 14.4.